The van der Waals surface area contributed by atoms with Gasteiger partial charge in [0, 0.05) is 13.0 Å². The fraction of sp³-hybridized carbons (Fsp3) is 0.971. The van der Waals surface area contributed by atoms with Crippen molar-refractivity contribution >= 4 is 13.8 Å². The van der Waals surface area contributed by atoms with Crippen LogP contribution in [0, 0.1) is 0 Å². The monoisotopic (exact) mass is 634 g/mol. The molecule has 0 bridgehead atoms. The highest BCUT2D eigenvalue weighted by molar-refractivity contribution is 7.46. The Bertz CT molecular complexity index is 625. The number of ether oxygens (including phenoxy) is 2. The van der Waals surface area contributed by atoms with Gasteiger partial charge in [-0.3, -0.25) is 9.32 Å². The van der Waals surface area contributed by atoms with Gasteiger partial charge in [-0.25, -0.2) is 4.57 Å². The first kappa shape index (κ1) is 42.5. The minimum atomic E-state index is -4.61. The highest BCUT2D eigenvalue weighted by atomic mass is 31.2. The van der Waals surface area contributed by atoms with Crippen molar-refractivity contribution in [2.24, 2.45) is 0 Å². The molecule has 0 radical (unpaired) electrons. The van der Waals surface area contributed by atoms with Gasteiger partial charge in [0.1, 0.15) is 12.7 Å². The normalized spacial score (nSPS) is 12.6. The van der Waals surface area contributed by atoms with E-state index in [9.17, 15) is 9.36 Å². The maximum Gasteiger partial charge on any atom is 0.469 e. The number of rotatable bonds is 35. The van der Waals surface area contributed by atoms with Crippen LogP contribution in [0.2, 0.25) is 0 Å². The molecule has 0 aliphatic heterocycles. The van der Waals surface area contributed by atoms with E-state index in [1.165, 1.54) is 135 Å². The molecule has 0 saturated heterocycles. The van der Waals surface area contributed by atoms with Gasteiger partial charge in [0.25, 0.3) is 0 Å². The van der Waals surface area contributed by atoms with Crippen molar-refractivity contribution in [1.82, 2.24) is 0 Å². The zero-order valence-corrected chi connectivity index (χ0v) is 29.3. The maximum absolute atomic E-state index is 12.2. The van der Waals surface area contributed by atoms with Gasteiger partial charge in [-0.05, 0) is 12.8 Å². The molecule has 0 rings (SSSR count). The summed E-state index contributed by atoms with van der Waals surface area (Å²) in [6.45, 7) is 4.63. The molecule has 258 valence electrons. The molecule has 0 aliphatic rings. The number of hydrogen-bond acceptors (Lipinski definition) is 5. The van der Waals surface area contributed by atoms with E-state index in [0.29, 0.717) is 13.0 Å². The summed E-state index contributed by atoms with van der Waals surface area (Å²) in [5, 5.41) is 0. The van der Waals surface area contributed by atoms with E-state index in [2.05, 4.69) is 18.4 Å². The van der Waals surface area contributed by atoms with Crippen LogP contribution in [0.3, 0.4) is 0 Å². The van der Waals surface area contributed by atoms with Crippen LogP contribution in [-0.2, 0) is 23.4 Å². The van der Waals surface area contributed by atoms with E-state index in [0.717, 1.165) is 38.5 Å². The minimum Gasteiger partial charge on any atom is -0.463 e. The average molecular weight is 635 g/mol. The standard InChI is InChI=1S/C35H71O7P/c1-3-5-7-9-11-13-15-17-19-21-23-25-27-29-31-40-34(33-42-43(37,38)39)32-41-35(36)30-28-26-24-22-20-18-16-14-12-10-8-6-4-2/h34H,3-33H2,1-2H3,(H2,37,38,39)/t34-/m1/s1. The summed E-state index contributed by atoms with van der Waals surface area (Å²) in [4.78, 5) is 30.3. The number of phosphoric ester groups is 1. The van der Waals surface area contributed by atoms with Crippen molar-refractivity contribution in [3.8, 4) is 0 Å². The number of phosphoric acid groups is 1. The Kier molecular flexibility index (Phi) is 32.6. The maximum atomic E-state index is 12.2. The van der Waals surface area contributed by atoms with Crippen LogP contribution in [0.5, 0.6) is 0 Å². The lowest BCUT2D eigenvalue weighted by Gasteiger charge is -2.18. The van der Waals surface area contributed by atoms with Crippen LogP contribution < -0.4 is 0 Å². The third-order valence-electron chi connectivity index (χ3n) is 8.19. The van der Waals surface area contributed by atoms with E-state index >= 15 is 0 Å². The van der Waals surface area contributed by atoms with Crippen molar-refractivity contribution in [2.75, 3.05) is 19.8 Å². The van der Waals surface area contributed by atoms with Crippen molar-refractivity contribution in [1.29, 1.82) is 0 Å². The first-order chi connectivity index (χ1) is 20.9. The van der Waals surface area contributed by atoms with Crippen molar-refractivity contribution in [2.45, 2.75) is 200 Å². The SMILES string of the molecule is CCCCCCCCCCCCCCCCO[C@H](COC(=O)CCCCCCCCCCCCCCC)COP(=O)(O)O. The molecule has 0 spiro atoms. The zero-order valence-electron chi connectivity index (χ0n) is 28.4. The molecular formula is C35H71O7P. The fourth-order valence-electron chi connectivity index (χ4n) is 5.42. The van der Waals surface area contributed by atoms with Crippen molar-refractivity contribution in [3.05, 3.63) is 0 Å². The lowest BCUT2D eigenvalue weighted by molar-refractivity contribution is -0.149. The Morgan fingerprint density at radius 2 is 0.884 bits per heavy atom. The summed E-state index contributed by atoms with van der Waals surface area (Å²) in [6.07, 6.45) is 33.9. The summed E-state index contributed by atoms with van der Waals surface area (Å²) >= 11 is 0. The number of esters is 1. The second-order valence-electron chi connectivity index (χ2n) is 12.6. The third kappa shape index (κ3) is 35.9. The Labute approximate surface area is 266 Å². The molecular weight excluding hydrogens is 563 g/mol. The van der Waals surface area contributed by atoms with Gasteiger partial charge < -0.3 is 19.3 Å². The highest BCUT2D eigenvalue weighted by Gasteiger charge is 2.20. The fourth-order valence-corrected chi connectivity index (χ4v) is 5.78. The lowest BCUT2D eigenvalue weighted by Crippen LogP contribution is -2.27. The van der Waals surface area contributed by atoms with Crippen LogP contribution in [-0.4, -0.2) is 41.7 Å². The van der Waals surface area contributed by atoms with Crippen LogP contribution in [0.1, 0.15) is 194 Å². The molecule has 43 heavy (non-hydrogen) atoms. The summed E-state index contributed by atoms with van der Waals surface area (Å²) < 4.78 is 26.9. The van der Waals surface area contributed by atoms with E-state index in [1.54, 1.807) is 0 Å². The molecule has 0 fully saturated rings. The molecule has 7 nitrogen and oxygen atoms in total. The van der Waals surface area contributed by atoms with Crippen molar-refractivity contribution < 1.29 is 33.1 Å². The summed E-state index contributed by atoms with van der Waals surface area (Å²) in [5.41, 5.74) is 0. The number of hydrogen-bond donors (Lipinski definition) is 2. The van der Waals surface area contributed by atoms with Crippen LogP contribution in [0.15, 0.2) is 0 Å². The van der Waals surface area contributed by atoms with E-state index in [-0.39, 0.29) is 19.2 Å². The van der Waals surface area contributed by atoms with Gasteiger partial charge in [0.2, 0.25) is 0 Å². The largest absolute Gasteiger partial charge is 0.469 e. The van der Waals surface area contributed by atoms with Crippen LogP contribution in [0.4, 0.5) is 0 Å². The quantitative estimate of drug-likeness (QED) is 0.0406. The zero-order chi connectivity index (χ0) is 31.7. The number of unbranched alkanes of at least 4 members (excludes halogenated alkanes) is 25. The Balaban J connectivity index is 3.79. The second kappa shape index (κ2) is 32.9. The predicted molar refractivity (Wildman–Crippen MR) is 179 cm³/mol. The molecule has 0 aromatic heterocycles. The Morgan fingerprint density at radius 3 is 1.26 bits per heavy atom. The van der Waals surface area contributed by atoms with Gasteiger partial charge >= 0.3 is 13.8 Å². The predicted octanol–water partition coefficient (Wildman–Crippen LogP) is 11.0. The molecule has 0 unspecified atom stereocenters. The molecule has 2 N–H and O–H groups in total. The minimum absolute atomic E-state index is 0.0458. The van der Waals surface area contributed by atoms with E-state index < -0.39 is 13.9 Å². The van der Waals surface area contributed by atoms with Gasteiger partial charge in [0.15, 0.2) is 0 Å². The smallest absolute Gasteiger partial charge is 0.463 e. The number of carbonyl (C=O) groups excluding carboxylic acids is 1. The molecule has 0 amide bonds. The molecule has 1 atom stereocenters. The Morgan fingerprint density at radius 1 is 0.535 bits per heavy atom. The first-order valence-corrected chi connectivity index (χ1v) is 19.9. The third-order valence-corrected chi connectivity index (χ3v) is 8.68. The summed E-state index contributed by atoms with van der Waals surface area (Å²) in [6, 6.07) is 0. The molecule has 0 aromatic rings. The molecule has 0 heterocycles. The molecule has 0 saturated carbocycles. The van der Waals surface area contributed by atoms with Gasteiger partial charge in [-0.1, -0.05) is 174 Å². The summed E-state index contributed by atoms with van der Waals surface area (Å²) in [7, 11) is -4.61. The van der Waals surface area contributed by atoms with Gasteiger partial charge in [-0.15, -0.1) is 0 Å². The Hall–Kier alpha value is -0.460. The summed E-state index contributed by atoms with van der Waals surface area (Å²) in [5.74, 6) is -0.288. The van der Waals surface area contributed by atoms with Crippen LogP contribution >= 0.6 is 7.82 Å². The molecule has 8 heteroatoms. The number of carbonyl (C=O) groups is 1. The first-order valence-electron chi connectivity index (χ1n) is 18.4. The van der Waals surface area contributed by atoms with Gasteiger partial charge in [-0.2, -0.15) is 0 Å². The lowest BCUT2D eigenvalue weighted by atomic mass is 10.0. The van der Waals surface area contributed by atoms with Gasteiger partial charge in [0.05, 0.1) is 6.61 Å². The highest BCUT2D eigenvalue weighted by Crippen LogP contribution is 2.35. The van der Waals surface area contributed by atoms with E-state index in [1.807, 2.05) is 0 Å². The van der Waals surface area contributed by atoms with Crippen molar-refractivity contribution in [3.63, 3.8) is 0 Å². The topological polar surface area (TPSA) is 102 Å². The second-order valence-corrected chi connectivity index (χ2v) is 13.8. The average Bonchev–Trinajstić information content (AvgIpc) is 2.98. The molecule has 0 aromatic carbocycles. The molecule has 0 aliphatic carbocycles. The van der Waals surface area contributed by atoms with Crippen LogP contribution in [0.25, 0.3) is 0 Å². The van der Waals surface area contributed by atoms with E-state index in [4.69, 9.17) is 19.3 Å².